The fourth-order valence-corrected chi connectivity index (χ4v) is 8.08. The van der Waals surface area contributed by atoms with Gasteiger partial charge in [-0.1, -0.05) is 276 Å². The van der Waals surface area contributed by atoms with Crippen LogP contribution in [0.15, 0.2) is 12.2 Å². The van der Waals surface area contributed by atoms with Crippen LogP contribution in [-0.4, -0.2) is 12.6 Å². The van der Waals surface area contributed by atoms with Gasteiger partial charge in [0.2, 0.25) is 0 Å². The van der Waals surface area contributed by atoms with Gasteiger partial charge >= 0.3 is 5.97 Å². The number of unbranched alkanes of at least 4 members (excludes halogenated alkanes) is 42. The van der Waals surface area contributed by atoms with Gasteiger partial charge in [-0.3, -0.25) is 4.79 Å². The Labute approximate surface area is 342 Å². The standard InChI is InChI=1S/C52H102O2/c1-3-5-7-9-11-13-15-17-19-21-23-24-25-26-27-28-29-30-31-33-35-37-39-41-43-45-47-49-51-54-52(53)50-48-46-44-42-40-38-36-34-32-22-20-18-16-14-12-10-8-6-4-2/h18,20H,3-17,19,21-51H2,1-2H3. The van der Waals surface area contributed by atoms with Crippen molar-refractivity contribution in [3.8, 4) is 0 Å². The van der Waals surface area contributed by atoms with Gasteiger partial charge in [0.1, 0.15) is 0 Å². The van der Waals surface area contributed by atoms with Gasteiger partial charge < -0.3 is 4.74 Å². The zero-order chi connectivity index (χ0) is 38.9. The molecule has 0 N–H and O–H groups in total. The normalized spacial score (nSPS) is 11.7. The highest BCUT2D eigenvalue weighted by molar-refractivity contribution is 5.69. The third-order valence-corrected chi connectivity index (χ3v) is 11.9. The summed E-state index contributed by atoms with van der Waals surface area (Å²) in [5.74, 6) is 0.0287. The van der Waals surface area contributed by atoms with Crippen LogP contribution in [0.25, 0.3) is 0 Å². The molecule has 0 amide bonds. The van der Waals surface area contributed by atoms with Crippen molar-refractivity contribution in [1.29, 1.82) is 0 Å². The van der Waals surface area contributed by atoms with Crippen LogP contribution in [0.2, 0.25) is 0 Å². The summed E-state index contributed by atoms with van der Waals surface area (Å²) < 4.78 is 5.49. The predicted molar refractivity (Wildman–Crippen MR) is 244 cm³/mol. The number of rotatable bonds is 48. The monoisotopic (exact) mass is 759 g/mol. The lowest BCUT2D eigenvalue weighted by atomic mass is 10.0. The van der Waals surface area contributed by atoms with E-state index in [-0.39, 0.29) is 5.97 Å². The molecule has 0 atom stereocenters. The third-order valence-electron chi connectivity index (χ3n) is 11.9. The second-order valence-electron chi connectivity index (χ2n) is 17.5. The van der Waals surface area contributed by atoms with Gasteiger partial charge in [0.05, 0.1) is 6.61 Å². The van der Waals surface area contributed by atoms with E-state index in [0.29, 0.717) is 13.0 Å². The molecule has 0 bridgehead atoms. The number of ether oxygens (including phenoxy) is 1. The van der Waals surface area contributed by atoms with Gasteiger partial charge in [-0.15, -0.1) is 0 Å². The highest BCUT2D eigenvalue weighted by Crippen LogP contribution is 2.17. The predicted octanol–water partition coefficient (Wildman–Crippen LogP) is 19.1. The number of carbonyl (C=O) groups excluding carboxylic acids is 1. The Morgan fingerprint density at radius 2 is 0.519 bits per heavy atom. The highest BCUT2D eigenvalue weighted by Gasteiger charge is 2.03. The van der Waals surface area contributed by atoms with Crippen molar-refractivity contribution in [3.63, 3.8) is 0 Å². The summed E-state index contributed by atoms with van der Waals surface area (Å²) in [6.45, 7) is 5.23. The van der Waals surface area contributed by atoms with Crippen molar-refractivity contribution in [1.82, 2.24) is 0 Å². The molecule has 0 aliphatic heterocycles. The fraction of sp³-hybridized carbons (Fsp3) is 0.942. The lowest BCUT2D eigenvalue weighted by Gasteiger charge is -2.06. The Hall–Kier alpha value is -0.790. The molecule has 0 aromatic heterocycles. The molecule has 0 aliphatic carbocycles. The van der Waals surface area contributed by atoms with Crippen LogP contribution in [-0.2, 0) is 9.53 Å². The molecule has 0 radical (unpaired) electrons. The Morgan fingerprint density at radius 3 is 0.796 bits per heavy atom. The number of hydrogen-bond acceptors (Lipinski definition) is 2. The van der Waals surface area contributed by atoms with Crippen LogP contribution in [0.3, 0.4) is 0 Å². The molecular weight excluding hydrogens is 657 g/mol. The van der Waals surface area contributed by atoms with Crippen molar-refractivity contribution in [3.05, 3.63) is 12.2 Å². The Bertz CT molecular complexity index is 698. The SMILES string of the molecule is CCCCCCCCC=CCCCCCCCCCCCC(=O)OCCCCCCCCCCCCCCCCCCCCCCCCCCCCCC. The lowest BCUT2D eigenvalue weighted by molar-refractivity contribution is -0.143. The molecule has 0 spiro atoms. The first-order valence-electron chi connectivity index (χ1n) is 25.6. The van der Waals surface area contributed by atoms with Crippen LogP contribution in [0.4, 0.5) is 0 Å². The maximum atomic E-state index is 12.1. The van der Waals surface area contributed by atoms with Crippen LogP contribution >= 0.6 is 0 Å². The molecule has 0 aromatic rings. The summed E-state index contributed by atoms with van der Waals surface area (Å²) in [5, 5.41) is 0. The van der Waals surface area contributed by atoms with Crippen LogP contribution in [0.5, 0.6) is 0 Å². The minimum Gasteiger partial charge on any atom is -0.466 e. The minimum absolute atomic E-state index is 0.0287. The molecule has 2 heteroatoms. The highest BCUT2D eigenvalue weighted by atomic mass is 16.5. The van der Waals surface area contributed by atoms with Crippen molar-refractivity contribution in [2.45, 2.75) is 309 Å². The molecule has 2 nitrogen and oxygen atoms in total. The Morgan fingerprint density at radius 1 is 0.296 bits per heavy atom. The lowest BCUT2D eigenvalue weighted by Crippen LogP contribution is -2.05. The van der Waals surface area contributed by atoms with Crippen LogP contribution < -0.4 is 0 Å². The van der Waals surface area contributed by atoms with Gasteiger partial charge in [0.15, 0.2) is 0 Å². The Balaban J connectivity index is 3.16. The summed E-state index contributed by atoms with van der Waals surface area (Å²) in [7, 11) is 0. The zero-order valence-electron chi connectivity index (χ0n) is 37.7. The van der Waals surface area contributed by atoms with E-state index in [1.165, 1.54) is 276 Å². The second-order valence-corrected chi connectivity index (χ2v) is 17.5. The first-order chi connectivity index (χ1) is 26.8. The van der Waals surface area contributed by atoms with E-state index in [9.17, 15) is 4.79 Å². The molecule has 0 aliphatic rings. The molecule has 0 heterocycles. The van der Waals surface area contributed by atoms with E-state index in [1.54, 1.807) is 0 Å². The van der Waals surface area contributed by atoms with E-state index in [4.69, 9.17) is 4.74 Å². The van der Waals surface area contributed by atoms with Gasteiger partial charge in [0, 0.05) is 6.42 Å². The maximum absolute atomic E-state index is 12.1. The maximum Gasteiger partial charge on any atom is 0.305 e. The van der Waals surface area contributed by atoms with E-state index in [0.717, 1.165) is 12.8 Å². The topological polar surface area (TPSA) is 26.3 Å². The van der Waals surface area contributed by atoms with E-state index in [1.807, 2.05) is 0 Å². The molecule has 0 saturated carbocycles. The summed E-state index contributed by atoms with van der Waals surface area (Å²) in [6.07, 6.45) is 67.9. The largest absolute Gasteiger partial charge is 0.466 e. The van der Waals surface area contributed by atoms with Gasteiger partial charge in [0.25, 0.3) is 0 Å². The van der Waals surface area contributed by atoms with E-state index < -0.39 is 0 Å². The Kier molecular flexibility index (Phi) is 49.5. The third kappa shape index (κ3) is 49.2. The average molecular weight is 759 g/mol. The van der Waals surface area contributed by atoms with Crippen molar-refractivity contribution in [2.24, 2.45) is 0 Å². The first-order valence-corrected chi connectivity index (χ1v) is 25.6. The average Bonchev–Trinajstić information content (AvgIpc) is 3.18. The number of hydrogen-bond donors (Lipinski definition) is 0. The summed E-state index contributed by atoms with van der Waals surface area (Å²) in [5.41, 5.74) is 0. The molecule has 0 saturated heterocycles. The molecule has 0 fully saturated rings. The van der Waals surface area contributed by atoms with Gasteiger partial charge in [-0.2, -0.15) is 0 Å². The number of allylic oxidation sites excluding steroid dienone is 2. The summed E-state index contributed by atoms with van der Waals surface area (Å²) in [4.78, 5) is 12.1. The number of esters is 1. The quantitative estimate of drug-likeness (QED) is 0.0351. The summed E-state index contributed by atoms with van der Waals surface area (Å²) >= 11 is 0. The second kappa shape index (κ2) is 50.2. The fourth-order valence-electron chi connectivity index (χ4n) is 8.08. The molecule has 0 rings (SSSR count). The van der Waals surface area contributed by atoms with Crippen molar-refractivity contribution in [2.75, 3.05) is 6.61 Å². The molecule has 54 heavy (non-hydrogen) atoms. The molecule has 0 aromatic carbocycles. The van der Waals surface area contributed by atoms with E-state index in [2.05, 4.69) is 26.0 Å². The van der Waals surface area contributed by atoms with Crippen LogP contribution in [0.1, 0.15) is 309 Å². The van der Waals surface area contributed by atoms with Crippen LogP contribution in [0, 0.1) is 0 Å². The van der Waals surface area contributed by atoms with Gasteiger partial charge in [-0.05, 0) is 38.5 Å². The zero-order valence-corrected chi connectivity index (χ0v) is 37.7. The number of carbonyl (C=O) groups is 1. The van der Waals surface area contributed by atoms with Crippen molar-refractivity contribution < 1.29 is 9.53 Å². The van der Waals surface area contributed by atoms with Crippen molar-refractivity contribution >= 4 is 5.97 Å². The smallest absolute Gasteiger partial charge is 0.305 e. The first kappa shape index (κ1) is 53.2. The summed E-state index contributed by atoms with van der Waals surface area (Å²) in [6, 6.07) is 0. The minimum atomic E-state index is 0.0287. The van der Waals surface area contributed by atoms with E-state index >= 15 is 0 Å². The molecule has 322 valence electrons. The molecular formula is C52H102O2. The molecule has 0 unspecified atom stereocenters. The van der Waals surface area contributed by atoms with Gasteiger partial charge in [-0.25, -0.2) is 0 Å².